The maximum Gasteiger partial charge on any atom is 0.410 e. The summed E-state index contributed by atoms with van der Waals surface area (Å²) in [6.45, 7) is 8.32. The van der Waals surface area contributed by atoms with Gasteiger partial charge in [0.05, 0.1) is 11.6 Å². The molecule has 1 unspecified atom stereocenters. The maximum absolute atomic E-state index is 12.6. The van der Waals surface area contributed by atoms with Crippen molar-refractivity contribution in [2.75, 3.05) is 12.0 Å². The number of halogens is 1. The van der Waals surface area contributed by atoms with E-state index in [9.17, 15) is 4.79 Å². The largest absolute Gasteiger partial charge is 0.444 e. The fraction of sp³-hybridized carbons (Fsp3) is 0.474. The lowest BCUT2D eigenvalue weighted by molar-refractivity contribution is 0.0225. The molecule has 2 heterocycles. The Hall–Kier alpha value is -1.86. The highest BCUT2D eigenvalue weighted by atomic mass is 79.9. The fourth-order valence-corrected chi connectivity index (χ4v) is 3.67. The standard InChI is InChI=1S/C19H25BrN4O2/c1-11-8-15-12(10-14(11)20)9-13(17(22-15)23-21)16-6-5-7-24(16)18(25)26-19(2,3)4/h8-10,16H,5-7,21H2,1-4H3,(H,22,23). The topological polar surface area (TPSA) is 80.5 Å². The van der Waals surface area contributed by atoms with E-state index in [1.807, 2.05) is 39.8 Å². The van der Waals surface area contributed by atoms with Crippen molar-refractivity contribution in [3.63, 3.8) is 0 Å². The minimum Gasteiger partial charge on any atom is -0.444 e. The van der Waals surface area contributed by atoms with Gasteiger partial charge in [0.25, 0.3) is 0 Å². The molecule has 0 bridgehead atoms. The van der Waals surface area contributed by atoms with Crippen LogP contribution in [0.5, 0.6) is 0 Å². The number of rotatable bonds is 2. The zero-order valence-corrected chi connectivity index (χ0v) is 17.2. The molecule has 1 aromatic heterocycles. The van der Waals surface area contributed by atoms with E-state index in [1.54, 1.807) is 4.90 Å². The number of hydrogen-bond acceptors (Lipinski definition) is 5. The molecular formula is C19H25BrN4O2. The van der Waals surface area contributed by atoms with Crippen LogP contribution in [0.4, 0.5) is 10.6 Å². The van der Waals surface area contributed by atoms with Crippen LogP contribution >= 0.6 is 15.9 Å². The Bertz CT molecular complexity index is 848. The molecule has 0 aliphatic carbocycles. The van der Waals surface area contributed by atoms with Crippen LogP contribution in [0.3, 0.4) is 0 Å². The van der Waals surface area contributed by atoms with Crippen molar-refractivity contribution in [1.29, 1.82) is 0 Å². The number of likely N-dealkylation sites (tertiary alicyclic amines) is 1. The number of amides is 1. The molecule has 0 spiro atoms. The predicted molar refractivity (Wildman–Crippen MR) is 107 cm³/mol. The molecule has 1 aliphatic rings. The van der Waals surface area contributed by atoms with Gasteiger partial charge in [-0.25, -0.2) is 15.6 Å². The van der Waals surface area contributed by atoms with Crippen molar-refractivity contribution in [2.24, 2.45) is 5.84 Å². The molecule has 1 fully saturated rings. The van der Waals surface area contributed by atoms with Gasteiger partial charge in [0.2, 0.25) is 0 Å². The second-order valence-electron chi connectivity index (χ2n) is 7.70. The molecule has 0 radical (unpaired) electrons. The number of carbonyl (C=O) groups is 1. The Morgan fingerprint density at radius 2 is 2.12 bits per heavy atom. The van der Waals surface area contributed by atoms with Gasteiger partial charge in [-0.15, -0.1) is 0 Å². The first-order valence-corrected chi connectivity index (χ1v) is 9.56. The monoisotopic (exact) mass is 420 g/mol. The lowest BCUT2D eigenvalue weighted by Crippen LogP contribution is -2.36. The quantitative estimate of drug-likeness (QED) is 0.545. The summed E-state index contributed by atoms with van der Waals surface area (Å²) in [4.78, 5) is 19.1. The highest BCUT2D eigenvalue weighted by molar-refractivity contribution is 9.10. The van der Waals surface area contributed by atoms with E-state index in [0.29, 0.717) is 12.4 Å². The van der Waals surface area contributed by atoms with Gasteiger partial charge in [-0.1, -0.05) is 15.9 Å². The van der Waals surface area contributed by atoms with E-state index in [-0.39, 0.29) is 12.1 Å². The van der Waals surface area contributed by atoms with E-state index in [2.05, 4.69) is 32.4 Å². The number of nitrogen functional groups attached to an aromatic ring is 1. The van der Waals surface area contributed by atoms with Crippen molar-refractivity contribution in [3.8, 4) is 0 Å². The molecule has 140 valence electrons. The SMILES string of the molecule is Cc1cc2nc(NN)c(C3CCCN3C(=O)OC(C)(C)C)cc2cc1Br. The number of carbonyl (C=O) groups excluding carboxylic acids is 1. The lowest BCUT2D eigenvalue weighted by atomic mass is 10.0. The normalized spacial score (nSPS) is 17.6. The van der Waals surface area contributed by atoms with Crippen LogP contribution in [0.2, 0.25) is 0 Å². The van der Waals surface area contributed by atoms with Gasteiger partial charge in [0.15, 0.2) is 0 Å². The molecule has 3 rings (SSSR count). The van der Waals surface area contributed by atoms with Gasteiger partial charge in [-0.2, -0.15) is 0 Å². The van der Waals surface area contributed by atoms with Crippen molar-refractivity contribution in [1.82, 2.24) is 9.88 Å². The molecule has 1 aromatic carbocycles. The first kappa shape index (κ1) is 18.9. The maximum atomic E-state index is 12.6. The third-order valence-electron chi connectivity index (χ3n) is 4.50. The Morgan fingerprint density at radius 1 is 1.38 bits per heavy atom. The summed E-state index contributed by atoms with van der Waals surface area (Å²) >= 11 is 3.58. The average molecular weight is 421 g/mol. The van der Waals surface area contributed by atoms with Crippen LogP contribution in [-0.4, -0.2) is 28.1 Å². The summed E-state index contributed by atoms with van der Waals surface area (Å²) in [5.41, 5.74) is 5.07. The molecule has 1 atom stereocenters. The number of anilines is 1. The minimum atomic E-state index is -0.525. The third kappa shape index (κ3) is 3.78. The van der Waals surface area contributed by atoms with Crippen LogP contribution < -0.4 is 11.3 Å². The van der Waals surface area contributed by atoms with Crippen LogP contribution in [-0.2, 0) is 4.74 Å². The van der Waals surface area contributed by atoms with E-state index < -0.39 is 5.60 Å². The molecule has 6 nitrogen and oxygen atoms in total. The van der Waals surface area contributed by atoms with Gasteiger partial charge >= 0.3 is 6.09 Å². The van der Waals surface area contributed by atoms with Gasteiger partial charge in [-0.05, 0) is 64.3 Å². The molecule has 1 amide bonds. The van der Waals surface area contributed by atoms with E-state index in [0.717, 1.165) is 39.3 Å². The number of fused-ring (bicyclic) bond motifs is 1. The third-order valence-corrected chi connectivity index (χ3v) is 5.36. The summed E-state index contributed by atoms with van der Waals surface area (Å²) in [6, 6.07) is 6.03. The number of hydrazine groups is 1. The van der Waals surface area contributed by atoms with Crippen LogP contribution in [0.15, 0.2) is 22.7 Å². The van der Waals surface area contributed by atoms with Crippen LogP contribution in [0, 0.1) is 6.92 Å². The summed E-state index contributed by atoms with van der Waals surface area (Å²) in [5.74, 6) is 6.34. The van der Waals surface area contributed by atoms with Crippen molar-refractivity contribution < 1.29 is 9.53 Å². The number of ether oxygens (including phenoxy) is 1. The first-order valence-electron chi connectivity index (χ1n) is 8.76. The zero-order chi connectivity index (χ0) is 19.1. The minimum absolute atomic E-state index is 0.104. The number of nitrogens with one attached hydrogen (secondary N) is 1. The van der Waals surface area contributed by atoms with E-state index in [4.69, 9.17) is 10.6 Å². The van der Waals surface area contributed by atoms with E-state index >= 15 is 0 Å². The number of benzene rings is 1. The molecule has 2 aromatic rings. The molecule has 1 saturated heterocycles. The number of nitrogens with zero attached hydrogens (tertiary/aromatic N) is 2. The average Bonchev–Trinajstić information content (AvgIpc) is 3.03. The molecule has 3 N–H and O–H groups in total. The second kappa shape index (κ2) is 7.04. The highest BCUT2D eigenvalue weighted by Gasteiger charge is 2.34. The highest BCUT2D eigenvalue weighted by Crippen LogP contribution is 2.38. The smallest absolute Gasteiger partial charge is 0.410 e. The van der Waals surface area contributed by atoms with Gasteiger partial charge < -0.3 is 15.1 Å². The number of aromatic nitrogens is 1. The number of aryl methyl sites for hydroxylation is 1. The van der Waals surface area contributed by atoms with Gasteiger partial charge in [-0.3, -0.25) is 0 Å². The van der Waals surface area contributed by atoms with Gasteiger partial charge in [0, 0.05) is 22.0 Å². The zero-order valence-electron chi connectivity index (χ0n) is 15.6. The van der Waals surface area contributed by atoms with E-state index in [1.165, 1.54) is 0 Å². The molecule has 26 heavy (non-hydrogen) atoms. The van der Waals surface area contributed by atoms with Crippen LogP contribution in [0.25, 0.3) is 10.9 Å². The first-order chi connectivity index (χ1) is 12.2. The van der Waals surface area contributed by atoms with Crippen molar-refractivity contribution in [3.05, 3.63) is 33.8 Å². The summed E-state index contributed by atoms with van der Waals surface area (Å²) < 4.78 is 6.61. The Balaban J connectivity index is 2.02. The Labute approximate surface area is 162 Å². The second-order valence-corrected chi connectivity index (χ2v) is 8.55. The number of pyridine rings is 1. The van der Waals surface area contributed by atoms with Crippen LogP contribution in [0.1, 0.15) is 50.8 Å². The Kier molecular flexibility index (Phi) is 5.12. The predicted octanol–water partition coefficient (Wildman–Crippen LogP) is 4.66. The van der Waals surface area contributed by atoms with Crippen molar-refractivity contribution in [2.45, 2.75) is 52.2 Å². The van der Waals surface area contributed by atoms with Gasteiger partial charge in [0.1, 0.15) is 11.4 Å². The molecule has 1 aliphatic heterocycles. The fourth-order valence-electron chi connectivity index (χ4n) is 3.31. The number of hydrogen-bond donors (Lipinski definition) is 2. The lowest BCUT2D eigenvalue weighted by Gasteiger charge is -2.29. The number of nitrogens with two attached hydrogens (primary N) is 1. The molecule has 7 heteroatoms. The summed E-state index contributed by atoms with van der Waals surface area (Å²) in [6.07, 6.45) is 1.48. The summed E-state index contributed by atoms with van der Waals surface area (Å²) in [7, 11) is 0. The molecule has 0 saturated carbocycles. The van der Waals surface area contributed by atoms with Crippen molar-refractivity contribution >= 4 is 38.7 Å². The Morgan fingerprint density at radius 3 is 2.77 bits per heavy atom. The summed E-state index contributed by atoms with van der Waals surface area (Å²) in [5, 5.41) is 1.01. The molecular weight excluding hydrogens is 396 g/mol.